The summed E-state index contributed by atoms with van der Waals surface area (Å²) in [5.41, 5.74) is 0. The van der Waals surface area contributed by atoms with Crippen LogP contribution < -0.4 is 5.32 Å². The first-order valence-electron chi connectivity index (χ1n) is 7.43. The van der Waals surface area contributed by atoms with Crippen LogP contribution in [0.1, 0.15) is 53.9 Å². The van der Waals surface area contributed by atoms with Gasteiger partial charge in [-0.25, -0.2) is 4.79 Å². The Balaban J connectivity index is 2.73. The molecule has 1 saturated heterocycles. The Bertz CT molecular complexity index is 391. The van der Waals surface area contributed by atoms with Crippen molar-refractivity contribution in [2.45, 2.75) is 59.9 Å². The maximum Gasteiger partial charge on any atom is 0.331 e. The van der Waals surface area contributed by atoms with E-state index in [1.165, 1.54) is 4.90 Å². The first kappa shape index (κ1) is 16.7. The van der Waals surface area contributed by atoms with Crippen molar-refractivity contribution in [3.63, 3.8) is 0 Å². The lowest BCUT2D eigenvalue weighted by molar-refractivity contribution is -0.145. The molecule has 1 N–H and O–H groups in total. The first-order chi connectivity index (χ1) is 9.25. The average molecular weight is 282 g/mol. The van der Waals surface area contributed by atoms with Crippen molar-refractivity contribution >= 4 is 17.8 Å². The van der Waals surface area contributed by atoms with Crippen molar-refractivity contribution in [1.29, 1.82) is 0 Å². The van der Waals surface area contributed by atoms with E-state index in [4.69, 9.17) is 0 Å². The molecule has 1 fully saturated rings. The Morgan fingerprint density at radius 3 is 2.15 bits per heavy atom. The van der Waals surface area contributed by atoms with Crippen molar-refractivity contribution in [2.75, 3.05) is 0 Å². The lowest BCUT2D eigenvalue weighted by Gasteiger charge is -2.35. The van der Waals surface area contributed by atoms with Gasteiger partial charge in [0, 0.05) is 6.04 Å². The summed E-state index contributed by atoms with van der Waals surface area (Å²) in [6, 6.07) is -0.746. The van der Waals surface area contributed by atoms with Crippen molar-refractivity contribution in [2.24, 2.45) is 17.8 Å². The van der Waals surface area contributed by atoms with Crippen LogP contribution in [0.15, 0.2) is 0 Å². The van der Waals surface area contributed by atoms with Crippen LogP contribution in [0.2, 0.25) is 0 Å². The van der Waals surface area contributed by atoms with Gasteiger partial charge in [0.1, 0.15) is 5.92 Å². The largest absolute Gasteiger partial charge is 0.331 e. The third kappa shape index (κ3) is 3.81. The molecule has 20 heavy (non-hydrogen) atoms. The van der Waals surface area contributed by atoms with E-state index in [-0.39, 0.29) is 17.9 Å². The number of rotatable bonds is 6. The van der Waals surface area contributed by atoms with Gasteiger partial charge in [-0.3, -0.25) is 19.8 Å². The van der Waals surface area contributed by atoms with Gasteiger partial charge in [-0.2, -0.15) is 0 Å². The zero-order valence-corrected chi connectivity index (χ0v) is 13.1. The van der Waals surface area contributed by atoms with Crippen LogP contribution in [-0.4, -0.2) is 28.8 Å². The summed E-state index contributed by atoms with van der Waals surface area (Å²) in [6.07, 6.45) is 2.81. The number of amides is 4. The van der Waals surface area contributed by atoms with E-state index in [2.05, 4.69) is 19.2 Å². The van der Waals surface area contributed by atoms with Crippen LogP contribution in [-0.2, 0) is 9.59 Å². The van der Waals surface area contributed by atoms with Gasteiger partial charge in [-0.1, -0.05) is 40.5 Å². The zero-order valence-electron chi connectivity index (χ0n) is 13.1. The van der Waals surface area contributed by atoms with Crippen LogP contribution in [0.4, 0.5) is 4.79 Å². The van der Waals surface area contributed by atoms with Gasteiger partial charge < -0.3 is 0 Å². The molecule has 0 aliphatic carbocycles. The Morgan fingerprint density at radius 2 is 1.65 bits per heavy atom. The second-order valence-electron chi connectivity index (χ2n) is 6.40. The number of imide groups is 2. The van der Waals surface area contributed by atoms with E-state index in [0.29, 0.717) is 5.92 Å². The Hall–Kier alpha value is -1.39. The fraction of sp³-hybridized carbons (Fsp3) is 0.800. The van der Waals surface area contributed by atoms with Crippen LogP contribution in [0.25, 0.3) is 0 Å². The molecular formula is C15H26N2O3. The summed E-state index contributed by atoms with van der Waals surface area (Å²) in [7, 11) is 0. The molecule has 0 radical (unpaired) electrons. The zero-order chi connectivity index (χ0) is 15.4. The van der Waals surface area contributed by atoms with Gasteiger partial charge >= 0.3 is 6.03 Å². The van der Waals surface area contributed by atoms with E-state index in [1.54, 1.807) is 0 Å². The molecular weight excluding hydrogens is 256 g/mol. The number of carbonyl (C=O) groups is 3. The molecule has 114 valence electrons. The van der Waals surface area contributed by atoms with Gasteiger partial charge in [0.05, 0.1) is 0 Å². The van der Waals surface area contributed by atoms with Crippen molar-refractivity contribution in [3.8, 4) is 0 Å². The highest BCUT2D eigenvalue weighted by atomic mass is 16.2. The number of hydrogen-bond donors (Lipinski definition) is 1. The fourth-order valence-electron chi connectivity index (χ4n) is 2.56. The molecule has 4 amide bonds. The molecule has 5 nitrogen and oxygen atoms in total. The molecule has 1 aliphatic rings. The lowest BCUT2D eigenvalue weighted by Crippen LogP contribution is -2.61. The Morgan fingerprint density at radius 1 is 1.05 bits per heavy atom. The standard InChI is InChI=1S/C15H26N2O3/c1-9(2)7-6-8-11(5)17-14(19)12(10(3)4)13(18)16-15(17)20/h9-12H,6-8H2,1-5H3,(H,16,18,20). The maximum absolute atomic E-state index is 12.4. The van der Waals surface area contributed by atoms with Gasteiger partial charge in [-0.05, 0) is 25.2 Å². The van der Waals surface area contributed by atoms with Gasteiger partial charge in [0.15, 0.2) is 0 Å². The quantitative estimate of drug-likeness (QED) is 0.761. The number of urea groups is 1. The second-order valence-corrected chi connectivity index (χ2v) is 6.40. The molecule has 5 heteroatoms. The molecule has 0 bridgehead atoms. The molecule has 0 spiro atoms. The van der Waals surface area contributed by atoms with E-state index in [0.717, 1.165) is 19.3 Å². The van der Waals surface area contributed by atoms with Crippen molar-refractivity contribution in [3.05, 3.63) is 0 Å². The number of nitrogens with zero attached hydrogens (tertiary/aromatic N) is 1. The number of nitrogens with one attached hydrogen (secondary N) is 1. The molecule has 0 aromatic rings. The van der Waals surface area contributed by atoms with E-state index in [1.807, 2.05) is 20.8 Å². The highest BCUT2D eigenvalue weighted by molar-refractivity contribution is 6.16. The summed E-state index contributed by atoms with van der Waals surface area (Å²) in [5.74, 6) is -1.08. The van der Waals surface area contributed by atoms with Crippen molar-refractivity contribution in [1.82, 2.24) is 10.2 Å². The molecule has 1 aliphatic heterocycles. The van der Waals surface area contributed by atoms with Crippen LogP contribution in [0.5, 0.6) is 0 Å². The second kappa shape index (κ2) is 6.86. The summed E-state index contributed by atoms with van der Waals surface area (Å²) in [5, 5.41) is 2.30. The molecule has 1 heterocycles. The average Bonchev–Trinajstić information content (AvgIpc) is 2.26. The predicted octanol–water partition coefficient (Wildman–Crippen LogP) is 2.55. The topological polar surface area (TPSA) is 66.5 Å². The molecule has 2 unspecified atom stereocenters. The molecule has 0 saturated carbocycles. The van der Waals surface area contributed by atoms with E-state index in [9.17, 15) is 14.4 Å². The van der Waals surface area contributed by atoms with Gasteiger partial charge in [0.25, 0.3) is 0 Å². The summed E-state index contributed by atoms with van der Waals surface area (Å²) < 4.78 is 0. The molecule has 2 atom stereocenters. The normalized spacial score (nSPS) is 21.6. The summed E-state index contributed by atoms with van der Waals surface area (Å²) in [4.78, 5) is 37.2. The fourth-order valence-corrected chi connectivity index (χ4v) is 2.56. The van der Waals surface area contributed by atoms with Crippen LogP contribution in [0.3, 0.4) is 0 Å². The third-order valence-electron chi connectivity index (χ3n) is 3.75. The first-order valence-corrected chi connectivity index (χ1v) is 7.43. The molecule has 0 aromatic carbocycles. The van der Waals surface area contributed by atoms with Crippen molar-refractivity contribution < 1.29 is 14.4 Å². The number of carbonyl (C=O) groups excluding carboxylic acids is 3. The minimum absolute atomic E-state index is 0.110. The van der Waals surface area contributed by atoms with Gasteiger partial charge in [-0.15, -0.1) is 0 Å². The monoisotopic (exact) mass is 282 g/mol. The Kier molecular flexibility index (Phi) is 5.72. The number of barbiturate groups is 1. The highest BCUT2D eigenvalue weighted by Crippen LogP contribution is 2.22. The van der Waals surface area contributed by atoms with Crippen LogP contribution in [0, 0.1) is 17.8 Å². The minimum Gasteiger partial charge on any atom is -0.277 e. The maximum atomic E-state index is 12.4. The molecule has 1 rings (SSSR count). The van der Waals surface area contributed by atoms with E-state index < -0.39 is 17.9 Å². The molecule has 0 aromatic heterocycles. The number of hydrogen-bond acceptors (Lipinski definition) is 3. The SMILES string of the molecule is CC(C)CCCC(C)N1C(=O)NC(=O)C(C(C)C)C1=O. The smallest absolute Gasteiger partial charge is 0.277 e. The van der Waals surface area contributed by atoms with Gasteiger partial charge in [0.2, 0.25) is 11.8 Å². The summed E-state index contributed by atoms with van der Waals surface area (Å²) in [6.45, 7) is 9.80. The summed E-state index contributed by atoms with van der Waals surface area (Å²) >= 11 is 0. The minimum atomic E-state index is -0.750. The lowest BCUT2D eigenvalue weighted by atomic mass is 9.91. The Labute approximate surface area is 121 Å². The van der Waals surface area contributed by atoms with Crippen LogP contribution >= 0.6 is 0 Å². The highest BCUT2D eigenvalue weighted by Gasteiger charge is 2.43. The predicted molar refractivity (Wildman–Crippen MR) is 76.9 cm³/mol. The third-order valence-corrected chi connectivity index (χ3v) is 3.75. The van der Waals surface area contributed by atoms with E-state index >= 15 is 0 Å².